The van der Waals surface area contributed by atoms with Gasteiger partial charge in [-0.3, -0.25) is 9.89 Å². The molecule has 5 N–H and O–H groups in total. The molecule has 4 rings (SSSR count). The molecular weight excluding hydrogens is 352 g/mol. The molecule has 0 saturated heterocycles. The summed E-state index contributed by atoms with van der Waals surface area (Å²) in [7, 11) is 0. The molecule has 0 radical (unpaired) electrons. The summed E-state index contributed by atoms with van der Waals surface area (Å²) in [5.41, 5.74) is 10.5. The summed E-state index contributed by atoms with van der Waals surface area (Å²) in [5.74, 6) is -0.767. The number of para-hydroxylation sites is 1. The second-order valence-electron chi connectivity index (χ2n) is 6.43. The summed E-state index contributed by atoms with van der Waals surface area (Å²) in [5, 5.41) is 19.9. The topological polar surface area (TPSA) is 123 Å². The van der Waals surface area contributed by atoms with Gasteiger partial charge in [0.2, 0.25) is 5.91 Å². The highest BCUT2D eigenvalue weighted by atomic mass is 16.1. The van der Waals surface area contributed by atoms with Crippen molar-refractivity contribution in [1.29, 1.82) is 5.26 Å². The van der Waals surface area contributed by atoms with Gasteiger partial charge in [-0.25, -0.2) is 0 Å². The van der Waals surface area contributed by atoms with Gasteiger partial charge in [0.25, 0.3) is 0 Å². The number of hydrogen-bond donors (Lipinski definition) is 4. The van der Waals surface area contributed by atoms with Crippen LogP contribution in [0, 0.1) is 11.3 Å². The fourth-order valence-corrected chi connectivity index (χ4v) is 3.33. The first-order valence-electron chi connectivity index (χ1n) is 8.81. The molecule has 1 atom stereocenters. The van der Waals surface area contributed by atoms with Crippen LogP contribution in [-0.4, -0.2) is 27.6 Å². The van der Waals surface area contributed by atoms with Gasteiger partial charge < -0.3 is 16.0 Å². The molecule has 0 aliphatic carbocycles. The molecule has 4 aromatic rings. The minimum absolute atomic E-state index is 0.141. The van der Waals surface area contributed by atoms with Crippen LogP contribution in [0.5, 0.6) is 0 Å². The monoisotopic (exact) mass is 370 g/mol. The van der Waals surface area contributed by atoms with E-state index in [-0.39, 0.29) is 12.5 Å². The maximum atomic E-state index is 12.9. The standard InChI is InChI=1S/C21H18N6O/c22-8-13-3-1-4-14(7-13)17(9-23)21(28)27-19-6-2-5-16-18(12-24-20(16)19)15-10-25-26-11-15/h1-7,10-12,17,24H,9,23H2,(H,25,26)(H,27,28)/t17-/m1/s1. The summed E-state index contributed by atoms with van der Waals surface area (Å²) in [6, 6.07) is 14.8. The van der Waals surface area contributed by atoms with Gasteiger partial charge in [0.05, 0.1) is 35.0 Å². The lowest BCUT2D eigenvalue weighted by atomic mass is 9.96. The Labute approximate surface area is 161 Å². The van der Waals surface area contributed by atoms with Gasteiger partial charge in [-0.2, -0.15) is 10.4 Å². The van der Waals surface area contributed by atoms with E-state index in [1.807, 2.05) is 36.7 Å². The lowest BCUT2D eigenvalue weighted by molar-refractivity contribution is -0.117. The summed E-state index contributed by atoms with van der Waals surface area (Å²) < 4.78 is 0. The Hall–Kier alpha value is -3.89. The third-order valence-corrected chi connectivity index (χ3v) is 4.75. The number of nitriles is 1. The van der Waals surface area contributed by atoms with Gasteiger partial charge in [0.15, 0.2) is 0 Å². The molecule has 0 bridgehead atoms. The van der Waals surface area contributed by atoms with Crippen LogP contribution in [0.3, 0.4) is 0 Å². The largest absolute Gasteiger partial charge is 0.359 e. The molecule has 7 heteroatoms. The van der Waals surface area contributed by atoms with Crippen LogP contribution in [0.1, 0.15) is 17.0 Å². The number of benzene rings is 2. The number of rotatable bonds is 5. The van der Waals surface area contributed by atoms with E-state index in [2.05, 4.69) is 26.6 Å². The van der Waals surface area contributed by atoms with Crippen LogP contribution < -0.4 is 11.1 Å². The van der Waals surface area contributed by atoms with E-state index in [1.54, 1.807) is 24.4 Å². The van der Waals surface area contributed by atoms with Crippen molar-refractivity contribution >= 4 is 22.5 Å². The molecule has 28 heavy (non-hydrogen) atoms. The Morgan fingerprint density at radius 2 is 2.11 bits per heavy atom. The first kappa shape index (κ1) is 17.5. The number of amides is 1. The molecule has 0 saturated carbocycles. The van der Waals surface area contributed by atoms with Crippen LogP contribution in [0.25, 0.3) is 22.0 Å². The molecule has 2 heterocycles. The average Bonchev–Trinajstić information content (AvgIpc) is 3.38. The molecule has 138 valence electrons. The van der Waals surface area contributed by atoms with Crippen molar-refractivity contribution in [3.8, 4) is 17.2 Å². The molecule has 0 aliphatic rings. The van der Waals surface area contributed by atoms with E-state index in [0.717, 1.165) is 27.6 Å². The number of hydrogen-bond acceptors (Lipinski definition) is 4. The van der Waals surface area contributed by atoms with Crippen molar-refractivity contribution < 1.29 is 4.79 Å². The van der Waals surface area contributed by atoms with Gasteiger partial charge in [-0.05, 0) is 23.8 Å². The third-order valence-electron chi connectivity index (χ3n) is 4.75. The maximum absolute atomic E-state index is 12.9. The van der Waals surface area contributed by atoms with E-state index in [9.17, 15) is 4.79 Å². The van der Waals surface area contributed by atoms with Crippen molar-refractivity contribution in [3.05, 3.63) is 72.2 Å². The average molecular weight is 370 g/mol. The molecule has 2 aromatic heterocycles. The number of fused-ring (bicyclic) bond motifs is 1. The van der Waals surface area contributed by atoms with Crippen molar-refractivity contribution in [3.63, 3.8) is 0 Å². The van der Waals surface area contributed by atoms with Gasteiger partial charge in [0.1, 0.15) is 0 Å². The number of carbonyl (C=O) groups is 1. The van der Waals surface area contributed by atoms with Crippen LogP contribution in [0.2, 0.25) is 0 Å². The number of anilines is 1. The second-order valence-corrected chi connectivity index (χ2v) is 6.43. The Balaban J connectivity index is 1.65. The van der Waals surface area contributed by atoms with Crippen LogP contribution in [0.15, 0.2) is 61.1 Å². The van der Waals surface area contributed by atoms with E-state index in [1.165, 1.54) is 0 Å². The number of carbonyl (C=O) groups excluding carboxylic acids is 1. The lowest BCUT2D eigenvalue weighted by Crippen LogP contribution is -2.27. The highest BCUT2D eigenvalue weighted by molar-refractivity contribution is 6.07. The lowest BCUT2D eigenvalue weighted by Gasteiger charge is -2.16. The van der Waals surface area contributed by atoms with E-state index < -0.39 is 5.92 Å². The SMILES string of the molecule is N#Cc1cccc([C@@H](CN)C(=O)Nc2cccc3c(-c4cn[nH]c4)c[nH]c23)c1. The molecule has 1 amide bonds. The Kier molecular flexibility index (Phi) is 4.62. The predicted molar refractivity (Wildman–Crippen MR) is 107 cm³/mol. The zero-order valence-electron chi connectivity index (χ0n) is 14.9. The Morgan fingerprint density at radius 3 is 2.86 bits per heavy atom. The molecule has 0 spiro atoms. The van der Waals surface area contributed by atoms with Gasteiger partial charge in [-0.15, -0.1) is 0 Å². The quantitative estimate of drug-likeness (QED) is 0.431. The van der Waals surface area contributed by atoms with Crippen LogP contribution in [-0.2, 0) is 4.79 Å². The predicted octanol–water partition coefficient (Wildman–Crippen LogP) is 3.11. The van der Waals surface area contributed by atoms with Crippen LogP contribution in [0.4, 0.5) is 5.69 Å². The molecule has 7 nitrogen and oxygen atoms in total. The summed E-state index contributed by atoms with van der Waals surface area (Å²) in [4.78, 5) is 16.2. The van der Waals surface area contributed by atoms with Gasteiger partial charge in [-0.1, -0.05) is 24.3 Å². The summed E-state index contributed by atoms with van der Waals surface area (Å²) in [6.45, 7) is 0.141. The van der Waals surface area contributed by atoms with Gasteiger partial charge in [0, 0.05) is 35.5 Å². The summed E-state index contributed by atoms with van der Waals surface area (Å²) >= 11 is 0. The molecule has 0 aliphatic heterocycles. The smallest absolute Gasteiger partial charge is 0.233 e. The zero-order valence-corrected chi connectivity index (χ0v) is 14.9. The van der Waals surface area contributed by atoms with Crippen LogP contribution >= 0.6 is 0 Å². The Morgan fingerprint density at radius 1 is 1.25 bits per heavy atom. The van der Waals surface area contributed by atoms with Gasteiger partial charge >= 0.3 is 0 Å². The molecule has 0 unspecified atom stereocenters. The highest BCUT2D eigenvalue weighted by Crippen LogP contribution is 2.32. The second kappa shape index (κ2) is 7.39. The Bertz CT molecular complexity index is 1170. The summed E-state index contributed by atoms with van der Waals surface area (Å²) in [6.07, 6.45) is 5.46. The number of aromatic nitrogens is 3. The number of H-pyrrole nitrogens is 2. The van der Waals surface area contributed by atoms with Crippen molar-refractivity contribution in [2.75, 3.05) is 11.9 Å². The fraction of sp³-hybridized carbons (Fsp3) is 0.0952. The maximum Gasteiger partial charge on any atom is 0.233 e. The molecule has 2 aromatic carbocycles. The first-order chi connectivity index (χ1) is 13.7. The zero-order chi connectivity index (χ0) is 19.5. The fourth-order valence-electron chi connectivity index (χ4n) is 3.33. The number of aromatic amines is 2. The normalized spacial score (nSPS) is 11.9. The van der Waals surface area contributed by atoms with Crippen molar-refractivity contribution in [2.24, 2.45) is 5.73 Å². The third kappa shape index (κ3) is 3.13. The first-order valence-corrected chi connectivity index (χ1v) is 8.81. The molecular formula is C21H18N6O. The van der Waals surface area contributed by atoms with E-state index in [4.69, 9.17) is 11.0 Å². The van der Waals surface area contributed by atoms with Crippen molar-refractivity contribution in [1.82, 2.24) is 15.2 Å². The van der Waals surface area contributed by atoms with E-state index >= 15 is 0 Å². The number of nitrogens with two attached hydrogens (primary N) is 1. The number of nitrogens with one attached hydrogen (secondary N) is 3. The number of nitrogens with zero attached hydrogens (tertiary/aromatic N) is 2. The minimum atomic E-state index is -0.549. The minimum Gasteiger partial charge on any atom is -0.359 e. The molecule has 0 fully saturated rings. The van der Waals surface area contributed by atoms with E-state index in [0.29, 0.717) is 11.3 Å². The van der Waals surface area contributed by atoms with Crippen molar-refractivity contribution in [2.45, 2.75) is 5.92 Å². The highest BCUT2D eigenvalue weighted by Gasteiger charge is 2.21.